The Kier molecular flexibility index (Phi) is 3.73. The monoisotopic (exact) mass is 286 g/mol. The molecule has 5 nitrogen and oxygen atoms in total. The predicted octanol–water partition coefficient (Wildman–Crippen LogP) is 1.61. The number of amides is 1. The number of rotatable bonds is 4. The van der Waals surface area contributed by atoms with Crippen molar-refractivity contribution in [2.75, 3.05) is 0 Å². The van der Waals surface area contributed by atoms with Gasteiger partial charge in [-0.25, -0.2) is 0 Å². The van der Waals surface area contributed by atoms with Gasteiger partial charge < -0.3 is 10.4 Å². The highest BCUT2D eigenvalue weighted by Gasteiger charge is 2.48. The Morgan fingerprint density at radius 3 is 2.48 bits per heavy atom. The van der Waals surface area contributed by atoms with Crippen LogP contribution in [-0.4, -0.2) is 22.0 Å². The third-order valence-corrected chi connectivity index (χ3v) is 4.51. The van der Waals surface area contributed by atoms with Crippen LogP contribution in [0.15, 0.2) is 36.5 Å². The Balaban J connectivity index is 1.71. The van der Waals surface area contributed by atoms with E-state index in [1.807, 2.05) is 30.4 Å². The van der Waals surface area contributed by atoms with E-state index in [9.17, 15) is 14.7 Å². The zero-order chi connectivity index (χ0) is 14.8. The van der Waals surface area contributed by atoms with E-state index < -0.39 is 17.8 Å². The van der Waals surface area contributed by atoms with Crippen LogP contribution in [-0.2, 0) is 16.1 Å². The van der Waals surface area contributed by atoms with Crippen molar-refractivity contribution in [2.24, 2.45) is 23.7 Å². The molecule has 3 aliphatic carbocycles. The number of carboxylic acids is 1. The first-order valence-electron chi connectivity index (χ1n) is 7.25. The molecule has 1 saturated carbocycles. The highest BCUT2D eigenvalue weighted by atomic mass is 16.4. The maximum Gasteiger partial charge on any atom is 0.307 e. The molecule has 0 saturated heterocycles. The van der Waals surface area contributed by atoms with Crippen LogP contribution in [0.5, 0.6) is 0 Å². The fourth-order valence-electron chi connectivity index (χ4n) is 3.49. The number of hydrogen-bond donors (Lipinski definition) is 2. The van der Waals surface area contributed by atoms with E-state index in [1.165, 1.54) is 0 Å². The van der Waals surface area contributed by atoms with Crippen LogP contribution >= 0.6 is 0 Å². The second-order valence-electron chi connectivity index (χ2n) is 5.72. The first kappa shape index (κ1) is 13.8. The van der Waals surface area contributed by atoms with Gasteiger partial charge in [0.05, 0.1) is 24.1 Å². The van der Waals surface area contributed by atoms with Crippen molar-refractivity contribution in [3.63, 3.8) is 0 Å². The lowest BCUT2D eigenvalue weighted by Gasteiger charge is -2.41. The molecule has 4 rings (SSSR count). The molecule has 0 unspecified atom stereocenters. The lowest BCUT2D eigenvalue weighted by molar-refractivity contribution is -0.153. The topological polar surface area (TPSA) is 79.3 Å². The van der Waals surface area contributed by atoms with Gasteiger partial charge in [-0.15, -0.1) is 0 Å². The van der Waals surface area contributed by atoms with Crippen LogP contribution in [0.25, 0.3) is 0 Å². The first-order valence-corrected chi connectivity index (χ1v) is 7.25. The number of aromatic nitrogens is 1. The van der Waals surface area contributed by atoms with Crippen molar-refractivity contribution < 1.29 is 14.7 Å². The van der Waals surface area contributed by atoms with Crippen LogP contribution in [0.3, 0.4) is 0 Å². The molecule has 2 bridgehead atoms. The summed E-state index contributed by atoms with van der Waals surface area (Å²) in [6.45, 7) is 0.337. The minimum atomic E-state index is -0.868. The standard InChI is InChI=1S/C16H18N2O3/c19-15(18-9-12-3-1-2-8-17-12)13-10-4-6-11(7-5-10)14(13)16(20)21/h1-4,6,8,10-11,13-14H,5,7,9H2,(H,18,19)(H,20,21)/t10-,11+,13-,14-/m0/s1. The molecule has 5 heteroatoms. The summed E-state index contributed by atoms with van der Waals surface area (Å²) in [5.74, 6) is -2.08. The lowest BCUT2D eigenvalue weighted by Crippen LogP contribution is -2.48. The number of nitrogens with zero attached hydrogens (tertiary/aromatic N) is 1. The molecule has 2 N–H and O–H groups in total. The number of carbonyl (C=O) groups excluding carboxylic acids is 1. The van der Waals surface area contributed by atoms with Gasteiger partial charge in [0.2, 0.25) is 5.91 Å². The summed E-state index contributed by atoms with van der Waals surface area (Å²) in [7, 11) is 0. The molecule has 0 aliphatic heterocycles. The van der Waals surface area contributed by atoms with Crippen LogP contribution in [0, 0.1) is 23.7 Å². The van der Waals surface area contributed by atoms with Crippen LogP contribution in [0.1, 0.15) is 18.5 Å². The van der Waals surface area contributed by atoms with E-state index in [-0.39, 0.29) is 17.7 Å². The zero-order valence-electron chi connectivity index (χ0n) is 11.6. The largest absolute Gasteiger partial charge is 0.481 e. The van der Waals surface area contributed by atoms with Gasteiger partial charge in [-0.1, -0.05) is 18.2 Å². The SMILES string of the molecule is O=C(O)[C@@H]1[C@@H](C(=O)NCc2ccccn2)[C@H]2C=C[C@@H]1CC2. The summed E-state index contributed by atoms with van der Waals surface area (Å²) >= 11 is 0. The van der Waals surface area contributed by atoms with E-state index in [0.29, 0.717) is 6.54 Å². The van der Waals surface area contributed by atoms with Gasteiger partial charge >= 0.3 is 5.97 Å². The van der Waals surface area contributed by atoms with Crippen LogP contribution in [0.4, 0.5) is 0 Å². The molecule has 0 spiro atoms. The van der Waals surface area contributed by atoms with Crippen molar-refractivity contribution in [2.45, 2.75) is 19.4 Å². The third kappa shape index (κ3) is 2.68. The molecule has 0 radical (unpaired) electrons. The Morgan fingerprint density at radius 2 is 1.90 bits per heavy atom. The predicted molar refractivity (Wildman–Crippen MR) is 76.1 cm³/mol. The molecule has 1 fully saturated rings. The normalized spacial score (nSPS) is 30.1. The quantitative estimate of drug-likeness (QED) is 0.824. The van der Waals surface area contributed by atoms with Crippen molar-refractivity contribution >= 4 is 11.9 Å². The van der Waals surface area contributed by atoms with Gasteiger partial charge in [0.1, 0.15) is 0 Å². The number of aliphatic carboxylic acids is 1. The van der Waals surface area contributed by atoms with Crippen LogP contribution < -0.4 is 5.32 Å². The van der Waals surface area contributed by atoms with Gasteiger partial charge in [-0.2, -0.15) is 0 Å². The first-order chi connectivity index (χ1) is 10.2. The van der Waals surface area contributed by atoms with E-state index in [4.69, 9.17) is 0 Å². The molecule has 21 heavy (non-hydrogen) atoms. The number of hydrogen-bond acceptors (Lipinski definition) is 3. The number of pyridine rings is 1. The minimum absolute atomic E-state index is 0.0156. The Morgan fingerprint density at radius 1 is 1.19 bits per heavy atom. The summed E-state index contributed by atoms with van der Waals surface area (Å²) in [6, 6.07) is 5.51. The maximum absolute atomic E-state index is 12.4. The van der Waals surface area contributed by atoms with Crippen molar-refractivity contribution in [1.29, 1.82) is 0 Å². The van der Waals surface area contributed by atoms with Crippen LogP contribution in [0.2, 0.25) is 0 Å². The second kappa shape index (κ2) is 5.68. The van der Waals surface area contributed by atoms with E-state index in [0.717, 1.165) is 18.5 Å². The van der Waals surface area contributed by atoms with Gasteiger partial charge in [0.15, 0.2) is 0 Å². The van der Waals surface area contributed by atoms with Gasteiger partial charge in [-0.05, 0) is 36.8 Å². The van der Waals surface area contributed by atoms with E-state index in [1.54, 1.807) is 6.20 Å². The fourth-order valence-corrected chi connectivity index (χ4v) is 3.49. The van der Waals surface area contributed by atoms with Gasteiger partial charge in [0.25, 0.3) is 0 Å². The average molecular weight is 286 g/mol. The Bertz CT molecular complexity index is 570. The Labute approximate surface area is 123 Å². The van der Waals surface area contributed by atoms with Gasteiger partial charge in [-0.3, -0.25) is 14.6 Å². The number of nitrogens with one attached hydrogen (secondary N) is 1. The second-order valence-corrected chi connectivity index (χ2v) is 5.72. The summed E-state index contributed by atoms with van der Waals surface area (Å²) in [5.41, 5.74) is 0.772. The van der Waals surface area contributed by atoms with E-state index >= 15 is 0 Å². The molecule has 1 aromatic heterocycles. The molecule has 1 heterocycles. The highest BCUT2D eigenvalue weighted by Crippen LogP contribution is 2.45. The summed E-state index contributed by atoms with van der Waals surface area (Å²) < 4.78 is 0. The molecular formula is C16H18N2O3. The minimum Gasteiger partial charge on any atom is -0.481 e. The average Bonchev–Trinajstić information content (AvgIpc) is 2.53. The Hall–Kier alpha value is -2.17. The molecular weight excluding hydrogens is 268 g/mol. The number of carbonyl (C=O) groups is 2. The molecule has 110 valence electrons. The molecule has 0 aromatic carbocycles. The number of allylic oxidation sites excluding steroid dienone is 2. The number of fused-ring (bicyclic) bond motifs is 2. The zero-order valence-corrected chi connectivity index (χ0v) is 11.6. The number of carboxylic acid groups (broad SMARTS) is 1. The summed E-state index contributed by atoms with van der Waals surface area (Å²) in [6.07, 6.45) is 7.41. The fraction of sp³-hybridized carbons (Fsp3) is 0.438. The molecule has 3 aliphatic rings. The highest BCUT2D eigenvalue weighted by molar-refractivity contribution is 5.86. The third-order valence-electron chi connectivity index (χ3n) is 4.51. The smallest absolute Gasteiger partial charge is 0.307 e. The van der Waals surface area contributed by atoms with Crippen molar-refractivity contribution in [1.82, 2.24) is 10.3 Å². The molecule has 1 aromatic rings. The maximum atomic E-state index is 12.4. The lowest BCUT2D eigenvalue weighted by atomic mass is 9.62. The summed E-state index contributed by atoms with van der Waals surface area (Å²) in [5, 5.41) is 12.3. The van der Waals surface area contributed by atoms with Gasteiger partial charge in [0, 0.05) is 6.20 Å². The van der Waals surface area contributed by atoms with Crippen molar-refractivity contribution in [3.8, 4) is 0 Å². The van der Waals surface area contributed by atoms with E-state index in [2.05, 4.69) is 10.3 Å². The molecule has 1 amide bonds. The molecule has 4 atom stereocenters. The van der Waals surface area contributed by atoms with Crippen molar-refractivity contribution in [3.05, 3.63) is 42.2 Å². The summed E-state index contributed by atoms with van der Waals surface area (Å²) in [4.78, 5) is 28.1.